The normalized spacial score (nSPS) is 19.8. The third kappa shape index (κ3) is 2.28. The van der Waals surface area contributed by atoms with Gasteiger partial charge in [-0.15, -0.1) is 0 Å². The fraction of sp³-hybridized carbons (Fsp3) is 0.571. The van der Waals surface area contributed by atoms with Crippen molar-refractivity contribution in [1.29, 1.82) is 0 Å². The third-order valence-corrected chi connectivity index (χ3v) is 4.00. The van der Waals surface area contributed by atoms with Crippen molar-refractivity contribution in [3.8, 4) is 0 Å². The maximum atomic E-state index is 5.96. The van der Waals surface area contributed by atoms with Gasteiger partial charge in [-0.2, -0.15) is 0 Å². The van der Waals surface area contributed by atoms with E-state index in [-0.39, 0.29) is 5.54 Å². The molecule has 2 heteroatoms. The van der Waals surface area contributed by atoms with Crippen LogP contribution in [0.1, 0.15) is 25.3 Å². The van der Waals surface area contributed by atoms with Crippen LogP contribution in [0.4, 0.5) is 0 Å². The summed E-state index contributed by atoms with van der Waals surface area (Å²) < 4.78 is 0. The van der Waals surface area contributed by atoms with Crippen LogP contribution in [0.2, 0.25) is 0 Å². The van der Waals surface area contributed by atoms with Gasteiger partial charge in [0.1, 0.15) is 0 Å². The van der Waals surface area contributed by atoms with Gasteiger partial charge >= 0.3 is 0 Å². The topological polar surface area (TPSA) is 29.3 Å². The Morgan fingerprint density at radius 3 is 2.44 bits per heavy atom. The summed E-state index contributed by atoms with van der Waals surface area (Å²) in [6.07, 6.45) is 2.68. The molecule has 0 aliphatic heterocycles. The molecule has 1 aliphatic rings. The van der Waals surface area contributed by atoms with Crippen LogP contribution in [0.5, 0.6) is 0 Å². The Bertz CT molecular complexity index is 332. The molecular weight excluding hydrogens is 196 g/mol. The molecule has 0 radical (unpaired) electrons. The molecular formula is C14H22N2. The number of nitrogens with two attached hydrogens (primary N) is 1. The minimum Gasteiger partial charge on any atom is -0.329 e. The number of likely N-dealkylation sites (N-methyl/N-ethyl adjacent to an activating group) is 1. The molecule has 1 aromatic carbocycles. The maximum Gasteiger partial charge on any atom is 0.0332 e. The zero-order valence-corrected chi connectivity index (χ0v) is 10.3. The highest BCUT2D eigenvalue weighted by Gasteiger charge is 2.43. The van der Waals surface area contributed by atoms with Gasteiger partial charge < -0.3 is 5.73 Å². The molecule has 0 bridgehead atoms. The molecule has 1 aromatic rings. The average Bonchev–Trinajstić information content (AvgIpc) is 3.13. The summed E-state index contributed by atoms with van der Waals surface area (Å²) in [7, 11) is 2.19. The van der Waals surface area contributed by atoms with E-state index in [2.05, 4.69) is 49.2 Å². The van der Waals surface area contributed by atoms with Crippen LogP contribution in [-0.2, 0) is 6.54 Å². The van der Waals surface area contributed by atoms with Gasteiger partial charge in [-0.25, -0.2) is 0 Å². The lowest BCUT2D eigenvalue weighted by Crippen LogP contribution is -2.51. The molecule has 88 valence electrons. The highest BCUT2D eigenvalue weighted by Crippen LogP contribution is 2.42. The Labute approximate surface area is 98.4 Å². The van der Waals surface area contributed by atoms with Gasteiger partial charge in [0.05, 0.1) is 0 Å². The molecule has 16 heavy (non-hydrogen) atoms. The fourth-order valence-electron chi connectivity index (χ4n) is 2.38. The first-order chi connectivity index (χ1) is 7.66. The number of hydrogen-bond acceptors (Lipinski definition) is 2. The van der Waals surface area contributed by atoms with E-state index in [4.69, 9.17) is 5.73 Å². The Morgan fingerprint density at radius 1 is 1.31 bits per heavy atom. The Hall–Kier alpha value is -0.860. The van der Waals surface area contributed by atoms with Crippen LogP contribution in [0.15, 0.2) is 30.3 Å². The van der Waals surface area contributed by atoms with Crippen molar-refractivity contribution < 1.29 is 0 Å². The second-order valence-electron chi connectivity index (χ2n) is 5.18. The lowest BCUT2D eigenvalue weighted by molar-refractivity contribution is 0.113. The quantitative estimate of drug-likeness (QED) is 0.821. The van der Waals surface area contributed by atoms with Crippen molar-refractivity contribution in [1.82, 2.24) is 4.90 Å². The molecule has 1 aliphatic carbocycles. The summed E-state index contributed by atoms with van der Waals surface area (Å²) in [5.41, 5.74) is 7.50. The van der Waals surface area contributed by atoms with Gasteiger partial charge in [0.15, 0.2) is 0 Å². The van der Waals surface area contributed by atoms with Crippen molar-refractivity contribution in [2.75, 3.05) is 13.6 Å². The number of hydrogen-bond donors (Lipinski definition) is 1. The lowest BCUT2D eigenvalue weighted by atomic mass is 9.93. The van der Waals surface area contributed by atoms with Crippen LogP contribution in [-0.4, -0.2) is 24.0 Å². The minimum absolute atomic E-state index is 0.176. The standard InChI is InChI=1S/C14H22N2/c1-14(11-15,13-8-9-13)16(2)10-12-6-4-3-5-7-12/h3-7,13H,8-11,15H2,1-2H3. The van der Waals surface area contributed by atoms with Crippen molar-refractivity contribution in [2.45, 2.75) is 31.8 Å². The van der Waals surface area contributed by atoms with E-state index in [1.54, 1.807) is 0 Å². The first-order valence-electron chi connectivity index (χ1n) is 6.12. The van der Waals surface area contributed by atoms with Crippen molar-refractivity contribution in [3.05, 3.63) is 35.9 Å². The Morgan fingerprint density at radius 2 is 1.94 bits per heavy atom. The van der Waals surface area contributed by atoms with Crippen LogP contribution in [0.3, 0.4) is 0 Å². The minimum atomic E-state index is 0.176. The van der Waals surface area contributed by atoms with Gasteiger partial charge in [-0.1, -0.05) is 30.3 Å². The van der Waals surface area contributed by atoms with Gasteiger partial charge in [-0.05, 0) is 38.3 Å². The first-order valence-corrected chi connectivity index (χ1v) is 6.12. The van der Waals surface area contributed by atoms with E-state index in [0.717, 1.165) is 19.0 Å². The Kier molecular flexibility index (Phi) is 3.31. The number of nitrogens with zero attached hydrogens (tertiary/aromatic N) is 1. The molecule has 2 rings (SSSR count). The van der Waals surface area contributed by atoms with Crippen LogP contribution in [0, 0.1) is 5.92 Å². The van der Waals surface area contributed by atoms with Crippen LogP contribution in [0.25, 0.3) is 0 Å². The van der Waals surface area contributed by atoms with E-state index < -0.39 is 0 Å². The van der Waals surface area contributed by atoms with E-state index in [1.165, 1.54) is 18.4 Å². The third-order valence-electron chi connectivity index (χ3n) is 4.00. The zero-order chi connectivity index (χ0) is 11.6. The van der Waals surface area contributed by atoms with Gasteiger partial charge in [-0.3, -0.25) is 4.90 Å². The molecule has 0 aromatic heterocycles. The lowest BCUT2D eigenvalue weighted by Gasteiger charge is -2.38. The largest absolute Gasteiger partial charge is 0.329 e. The molecule has 2 N–H and O–H groups in total. The van der Waals surface area contributed by atoms with Gasteiger partial charge in [0.2, 0.25) is 0 Å². The SMILES string of the molecule is CN(Cc1ccccc1)C(C)(CN)C1CC1. The van der Waals surface area contributed by atoms with E-state index >= 15 is 0 Å². The predicted molar refractivity (Wildman–Crippen MR) is 68.1 cm³/mol. The van der Waals surface area contributed by atoms with E-state index in [9.17, 15) is 0 Å². The summed E-state index contributed by atoms with van der Waals surface area (Å²) in [6, 6.07) is 10.6. The molecule has 0 amide bonds. The van der Waals surface area contributed by atoms with Crippen LogP contribution < -0.4 is 5.73 Å². The Balaban J connectivity index is 2.04. The molecule has 0 saturated heterocycles. The highest BCUT2D eigenvalue weighted by atomic mass is 15.2. The summed E-state index contributed by atoms with van der Waals surface area (Å²) in [5.74, 6) is 0.797. The smallest absolute Gasteiger partial charge is 0.0332 e. The summed E-state index contributed by atoms with van der Waals surface area (Å²) in [6.45, 7) is 4.04. The van der Waals surface area contributed by atoms with Crippen molar-refractivity contribution in [3.63, 3.8) is 0 Å². The highest BCUT2D eigenvalue weighted by molar-refractivity contribution is 5.15. The molecule has 0 spiro atoms. The first kappa shape index (κ1) is 11.6. The van der Waals surface area contributed by atoms with Gasteiger partial charge in [0, 0.05) is 18.6 Å². The van der Waals surface area contributed by atoms with E-state index in [0.29, 0.717) is 0 Å². The second-order valence-corrected chi connectivity index (χ2v) is 5.18. The van der Waals surface area contributed by atoms with Crippen LogP contribution >= 0.6 is 0 Å². The molecule has 1 atom stereocenters. The molecule has 1 fully saturated rings. The van der Waals surface area contributed by atoms with E-state index in [1.807, 2.05) is 0 Å². The van der Waals surface area contributed by atoms with Crippen molar-refractivity contribution in [2.24, 2.45) is 11.7 Å². The second kappa shape index (κ2) is 4.56. The molecule has 1 saturated carbocycles. The van der Waals surface area contributed by atoms with Crippen molar-refractivity contribution >= 4 is 0 Å². The number of benzene rings is 1. The molecule has 1 unspecified atom stereocenters. The molecule has 2 nitrogen and oxygen atoms in total. The van der Waals surface area contributed by atoms with Gasteiger partial charge in [0.25, 0.3) is 0 Å². The summed E-state index contributed by atoms with van der Waals surface area (Å²) in [5, 5.41) is 0. The predicted octanol–water partition coefficient (Wildman–Crippen LogP) is 2.25. The average molecular weight is 218 g/mol. The zero-order valence-electron chi connectivity index (χ0n) is 10.3. The maximum absolute atomic E-state index is 5.96. The summed E-state index contributed by atoms with van der Waals surface area (Å²) in [4.78, 5) is 2.42. The fourth-order valence-corrected chi connectivity index (χ4v) is 2.38. The summed E-state index contributed by atoms with van der Waals surface area (Å²) >= 11 is 0. The number of rotatable bonds is 5. The molecule has 0 heterocycles. The monoisotopic (exact) mass is 218 g/mol.